The van der Waals surface area contributed by atoms with Gasteiger partial charge in [-0.15, -0.1) is 0 Å². The van der Waals surface area contributed by atoms with Gasteiger partial charge in [-0.25, -0.2) is 0 Å². The Hall–Kier alpha value is -7.16. The Bertz CT molecular complexity index is 3050. The number of nitrogens with zero attached hydrogens (tertiary/aromatic N) is 2. The summed E-state index contributed by atoms with van der Waals surface area (Å²) in [6.07, 6.45) is 9.90. The van der Waals surface area contributed by atoms with E-state index in [1.165, 1.54) is 72.3 Å². The minimum Gasteiger partial charge on any atom is -0.317 e. The van der Waals surface area contributed by atoms with E-state index >= 15 is 0 Å². The van der Waals surface area contributed by atoms with Gasteiger partial charge >= 0.3 is 0 Å². The number of hydrogen-bond acceptors (Lipinski definition) is 2. The molecule has 0 radical (unpaired) electrons. The first-order chi connectivity index (χ1) is 31.6. The quantitative estimate of drug-likeness (QED) is 0.107. The number of hydrogen-bond donors (Lipinski definition) is 0. The molecule has 0 N–H and O–H groups in total. The van der Waals surface area contributed by atoms with Gasteiger partial charge in [0.15, 0.2) is 0 Å². The molecule has 0 spiro atoms. The van der Waals surface area contributed by atoms with Crippen molar-refractivity contribution in [3.63, 3.8) is 0 Å². The average molecular weight is 859 g/mol. The molecule has 0 saturated carbocycles. The number of allylic oxidation sites excluding steroid dienone is 6. The molecule has 2 aliphatic rings. The third kappa shape index (κ3) is 8.11. The van der Waals surface area contributed by atoms with Crippen LogP contribution in [0.5, 0.6) is 0 Å². The zero-order valence-electron chi connectivity index (χ0n) is 40.1. The van der Waals surface area contributed by atoms with Gasteiger partial charge in [0, 0.05) is 45.5 Å². The fourth-order valence-electron chi connectivity index (χ4n) is 9.98. The van der Waals surface area contributed by atoms with Crippen molar-refractivity contribution in [2.75, 3.05) is 9.80 Å². The number of fused-ring (bicyclic) bond motifs is 6. The van der Waals surface area contributed by atoms with E-state index in [0.717, 1.165) is 58.0 Å². The Balaban J connectivity index is 0.926. The molecule has 0 heterocycles. The zero-order chi connectivity index (χ0) is 46.5. The van der Waals surface area contributed by atoms with Crippen LogP contribution in [0, 0.1) is 20.8 Å². The van der Waals surface area contributed by atoms with Crippen LogP contribution in [0.15, 0.2) is 195 Å². The van der Waals surface area contributed by atoms with Crippen LogP contribution >= 0.6 is 0 Å². The highest BCUT2D eigenvalue weighted by molar-refractivity contribution is 5.88. The van der Waals surface area contributed by atoms with Gasteiger partial charge in [-0.3, -0.25) is 0 Å². The molecule has 7 aromatic carbocycles. The second kappa shape index (κ2) is 17.3. The van der Waals surface area contributed by atoms with Gasteiger partial charge in [0.2, 0.25) is 0 Å². The number of rotatable bonds is 13. The summed E-state index contributed by atoms with van der Waals surface area (Å²) in [4.78, 5) is 4.65. The van der Waals surface area contributed by atoms with E-state index in [2.05, 4.69) is 249 Å². The lowest BCUT2D eigenvalue weighted by Gasteiger charge is -2.28. The summed E-state index contributed by atoms with van der Waals surface area (Å²) in [6.45, 7) is 31.2. The molecule has 2 nitrogen and oxygen atoms in total. The molecule has 0 aliphatic heterocycles. The van der Waals surface area contributed by atoms with Crippen LogP contribution in [-0.2, 0) is 10.8 Å². The van der Waals surface area contributed by atoms with Gasteiger partial charge in [0.1, 0.15) is 0 Å². The average Bonchev–Trinajstić information content (AvgIpc) is 3.69. The molecule has 2 heteroatoms. The standard InChI is InChI=1S/C64H62N2/c1-12-42(2)14-13-37-65(50-25-15-43(3)16-26-50)53-31-35-57-55-33-23-48(38-59(55)63(8,9)61(57)40-53)46(6)21-22-47(7)49-24-34-56-58-36-32-54(41-62(58)64(10,11)60(56)39-49)66(51-27-17-44(4)18-28-51)52-29-19-45(5)20-30-52/h12-20,23-41H,1,6-7,21-22H2,2-5,8-11H3. The van der Waals surface area contributed by atoms with Crippen LogP contribution in [0.1, 0.15) is 97.5 Å². The summed E-state index contributed by atoms with van der Waals surface area (Å²) in [5.41, 5.74) is 25.5. The third-order valence-corrected chi connectivity index (χ3v) is 14.2. The van der Waals surface area contributed by atoms with E-state index in [0.29, 0.717) is 0 Å². The summed E-state index contributed by atoms with van der Waals surface area (Å²) in [6, 6.07) is 54.3. The van der Waals surface area contributed by atoms with E-state index in [9.17, 15) is 0 Å². The first kappa shape index (κ1) is 44.1. The zero-order valence-corrected chi connectivity index (χ0v) is 40.1. The lowest BCUT2D eigenvalue weighted by Crippen LogP contribution is -2.17. The van der Waals surface area contributed by atoms with E-state index < -0.39 is 0 Å². The Labute approximate surface area is 394 Å². The molecule has 0 fully saturated rings. The highest BCUT2D eigenvalue weighted by Gasteiger charge is 2.38. The second-order valence-electron chi connectivity index (χ2n) is 19.6. The topological polar surface area (TPSA) is 6.48 Å². The van der Waals surface area contributed by atoms with Gasteiger partial charge in [-0.2, -0.15) is 0 Å². The van der Waals surface area contributed by atoms with E-state index in [1.807, 2.05) is 6.08 Å². The van der Waals surface area contributed by atoms with Crippen molar-refractivity contribution in [2.24, 2.45) is 0 Å². The van der Waals surface area contributed by atoms with Crippen molar-refractivity contribution in [3.8, 4) is 22.3 Å². The normalized spacial score (nSPS) is 14.0. The molecule has 0 bridgehead atoms. The van der Waals surface area contributed by atoms with Crippen molar-refractivity contribution in [1.82, 2.24) is 0 Å². The second-order valence-corrected chi connectivity index (χ2v) is 19.6. The molecule has 0 saturated heterocycles. The summed E-state index contributed by atoms with van der Waals surface area (Å²) in [5.74, 6) is 0. The van der Waals surface area contributed by atoms with Gasteiger partial charge in [0.25, 0.3) is 0 Å². The van der Waals surface area contributed by atoms with Crippen LogP contribution in [-0.4, -0.2) is 0 Å². The van der Waals surface area contributed by atoms with Gasteiger partial charge < -0.3 is 9.80 Å². The highest BCUT2D eigenvalue weighted by atomic mass is 15.1. The largest absolute Gasteiger partial charge is 0.317 e. The summed E-state index contributed by atoms with van der Waals surface area (Å²) in [5, 5.41) is 0. The molecule has 66 heavy (non-hydrogen) atoms. The molecule has 0 unspecified atom stereocenters. The molecule has 328 valence electrons. The predicted molar refractivity (Wildman–Crippen MR) is 286 cm³/mol. The van der Waals surface area contributed by atoms with Crippen LogP contribution in [0.25, 0.3) is 33.4 Å². The SMILES string of the molecule is C=CC(C)=CC=CN(c1ccc(C)cc1)c1ccc2c(c1)C(C)(C)c1cc(C(=C)CCC(=C)c3ccc4c(c3)C(C)(C)c3cc(N(c5ccc(C)cc5)c5ccc(C)cc5)ccc3-4)ccc1-2. The molecule has 7 aromatic rings. The van der Waals surface area contributed by atoms with Crippen LogP contribution in [0.3, 0.4) is 0 Å². The number of anilines is 5. The maximum atomic E-state index is 4.65. The predicted octanol–water partition coefficient (Wildman–Crippen LogP) is 18.0. The van der Waals surface area contributed by atoms with Gasteiger partial charge in [0.05, 0.1) is 0 Å². The van der Waals surface area contributed by atoms with Gasteiger partial charge in [-0.05, 0) is 186 Å². The minimum absolute atomic E-state index is 0.181. The Kier molecular flexibility index (Phi) is 11.6. The molecule has 2 aliphatic carbocycles. The first-order valence-electron chi connectivity index (χ1n) is 23.4. The lowest BCUT2D eigenvalue weighted by molar-refractivity contribution is 0.660. The van der Waals surface area contributed by atoms with Crippen LogP contribution in [0.2, 0.25) is 0 Å². The Morgan fingerprint density at radius 2 is 0.833 bits per heavy atom. The lowest BCUT2D eigenvalue weighted by atomic mass is 9.81. The van der Waals surface area contributed by atoms with Crippen LogP contribution < -0.4 is 9.80 Å². The maximum Gasteiger partial charge on any atom is 0.0465 e. The van der Waals surface area contributed by atoms with E-state index in [1.54, 1.807) is 0 Å². The van der Waals surface area contributed by atoms with Crippen molar-refractivity contribution >= 4 is 39.6 Å². The number of benzene rings is 7. The van der Waals surface area contributed by atoms with Crippen molar-refractivity contribution in [2.45, 2.75) is 79.1 Å². The smallest absolute Gasteiger partial charge is 0.0465 e. The maximum absolute atomic E-state index is 4.65. The van der Waals surface area contributed by atoms with Crippen molar-refractivity contribution < 1.29 is 0 Å². The monoisotopic (exact) mass is 858 g/mol. The van der Waals surface area contributed by atoms with E-state index in [4.69, 9.17) is 0 Å². The summed E-state index contributed by atoms with van der Waals surface area (Å²) < 4.78 is 0. The molecular weight excluding hydrogens is 797 g/mol. The van der Waals surface area contributed by atoms with Gasteiger partial charge in [-0.1, -0.05) is 155 Å². The van der Waals surface area contributed by atoms with Crippen LogP contribution in [0.4, 0.5) is 28.4 Å². The van der Waals surface area contributed by atoms with Crippen molar-refractivity contribution in [3.05, 3.63) is 245 Å². The molecular formula is C64H62N2. The summed E-state index contributed by atoms with van der Waals surface area (Å²) in [7, 11) is 0. The fourth-order valence-corrected chi connectivity index (χ4v) is 9.98. The molecule has 0 aromatic heterocycles. The molecule has 0 atom stereocenters. The molecule has 9 rings (SSSR count). The first-order valence-corrected chi connectivity index (χ1v) is 23.4. The highest BCUT2D eigenvalue weighted by Crippen LogP contribution is 2.53. The fraction of sp³-hybridized carbons (Fsp3) is 0.188. The number of aryl methyl sites for hydroxylation is 3. The minimum atomic E-state index is -0.183. The van der Waals surface area contributed by atoms with Crippen molar-refractivity contribution in [1.29, 1.82) is 0 Å². The Morgan fingerprint density at radius 3 is 1.27 bits per heavy atom. The Morgan fingerprint density at radius 1 is 0.470 bits per heavy atom. The third-order valence-electron chi connectivity index (χ3n) is 14.2. The molecule has 0 amide bonds. The van der Waals surface area contributed by atoms with E-state index in [-0.39, 0.29) is 10.8 Å². The summed E-state index contributed by atoms with van der Waals surface area (Å²) >= 11 is 0.